The molecule has 0 bridgehead atoms. The third kappa shape index (κ3) is 3.01. The van der Waals surface area contributed by atoms with Crippen LogP contribution in [-0.2, 0) is 13.6 Å². The first-order valence-corrected chi connectivity index (χ1v) is 6.42. The van der Waals surface area contributed by atoms with E-state index in [1.807, 2.05) is 36.9 Å². The van der Waals surface area contributed by atoms with Gasteiger partial charge in [0, 0.05) is 17.2 Å². The first kappa shape index (κ1) is 12.5. The summed E-state index contributed by atoms with van der Waals surface area (Å²) in [5, 5.41) is 8.35. The van der Waals surface area contributed by atoms with E-state index in [0.717, 1.165) is 28.1 Å². The third-order valence-electron chi connectivity index (χ3n) is 2.49. The number of hydrogen-bond acceptors (Lipinski definition) is 2. The molecule has 0 aliphatic heterocycles. The second-order valence-electron chi connectivity index (χ2n) is 3.88. The molecule has 0 atom stereocenters. The summed E-state index contributed by atoms with van der Waals surface area (Å²) in [5.74, 6) is 0. The zero-order chi connectivity index (χ0) is 12.4. The maximum atomic E-state index is 5.94. The van der Waals surface area contributed by atoms with E-state index < -0.39 is 0 Å². The van der Waals surface area contributed by atoms with Gasteiger partial charge in [0.05, 0.1) is 23.0 Å². The van der Waals surface area contributed by atoms with E-state index in [1.165, 1.54) is 0 Å². The van der Waals surface area contributed by atoms with Gasteiger partial charge in [0.2, 0.25) is 0 Å². The van der Waals surface area contributed by atoms with Crippen LogP contribution in [-0.4, -0.2) is 9.78 Å². The van der Waals surface area contributed by atoms with Crippen LogP contribution in [0.1, 0.15) is 11.4 Å². The number of hydrogen-bond donors (Lipinski definition) is 1. The molecule has 2 aromatic rings. The van der Waals surface area contributed by atoms with E-state index in [4.69, 9.17) is 11.6 Å². The molecule has 1 aromatic heterocycles. The van der Waals surface area contributed by atoms with Crippen molar-refractivity contribution < 1.29 is 0 Å². The summed E-state index contributed by atoms with van der Waals surface area (Å²) >= 11 is 9.34. The molecule has 0 fully saturated rings. The van der Waals surface area contributed by atoms with Gasteiger partial charge in [0.1, 0.15) is 0 Å². The average molecular weight is 315 g/mol. The third-order valence-corrected chi connectivity index (χ3v) is 3.71. The van der Waals surface area contributed by atoms with Crippen LogP contribution in [0.5, 0.6) is 0 Å². The number of halogens is 2. The van der Waals surface area contributed by atoms with Gasteiger partial charge < -0.3 is 5.32 Å². The molecule has 0 saturated heterocycles. The molecular formula is C12H13BrClN3. The molecule has 0 aliphatic rings. The number of benzene rings is 1. The van der Waals surface area contributed by atoms with Gasteiger partial charge in [0.15, 0.2) is 0 Å². The minimum atomic E-state index is 0.715. The van der Waals surface area contributed by atoms with Gasteiger partial charge >= 0.3 is 0 Å². The molecule has 2 rings (SSSR count). The Hall–Kier alpha value is -1.00. The first-order valence-electron chi connectivity index (χ1n) is 5.24. The van der Waals surface area contributed by atoms with Gasteiger partial charge in [-0.25, -0.2) is 0 Å². The van der Waals surface area contributed by atoms with Gasteiger partial charge in [-0.3, -0.25) is 4.68 Å². The molecule has 0 spiro atoms. The predicted molar refractivity (Wildman–Crippen MR) is 74.4 cm³/mol. The smallest absolute Gasteiger partial charge is 0.0597 e. The van der Waals surface area contributed by atoms with E-state index in [0.29, 0.717) is 5.02 Å². The van der Waals surface area contributed by atoms with Crippen LogP contribution in [0.4, 0.5) is 5.69 Å². The first-order chi connectivity index (χ1) is 8.06. The Morgan fingerprint density at radius 1 is 1.41 bits per heavy atom. The monoisotopic (exact) mass is 313 g/mol. The Balaban J connectivity index is 2.07. The summed E-state index contributed by atoms with van der Waals surface area (Å²) in [6, 6.07) is 7.85. The van der Waals surface area contributed by atoms with E-state index in [9.17, 15) is 0 Å². The fraction of sp³-hybridized carbons (Fsp3) is 0.250. The van der Waals surface area contributed by atoms with Gasteiger partial charge in [-0.15, -0.1) is 0 Å². The van der Waals surface area contributed by atoms with Crippen LogP contribution in [0.25, 0.3) is 0 Å². The Kier molecular flexibility index (Phi) is 3.74. The van der Waals surface area contributed by atoms with Crippen molar-refractivity contribution in [2.45, 2.75) is 13.5 Å². The van der Waals surface area contributed by atoms with Crippen LogP contribution in [0.2, 0.25) is 5.02 Å². The summed E-state index contributed by atoms with van der Waals surface area (Å²) in [4.78, 5) is 0. The second-order valence-corrected chi connectivity index (χ2v) is 5.14. The lowest BCUT2D eigenvalue weighted by atomic mass is 10.3. The van der Waals surface area contributed by atoms with E-state index in [-0.39, 0.29) is 0 Å². The fourth-order valence-corrected chi connectivity index (χ4v) is 2.12. The summed E-state index contributed by atoms with van der Waals surface area (Å²) in [5.41, 5.74) is 3.20. The summed E-state index contributed by atoms with van der Waals surface area (Å²) in [7, 11) is 1.95. The lowest BCUT2D eigenvalue weighted by Gasteiger charge is -2.07. The Morgan fingerprint density at radius 2 is 2.18 bits per heavy atom. The molecule has 17 heavy (non-hydrogen) atoms. The van der Waals surface area contributed by atoms with Crippen molar-refractivity contribution in [3.63, 3.8) is 0 Å². The molecule has 0 saturated carbocycles. The van der Waals surface area contributed by atoms with Gasteiger partial charge in [-0.2, -0.15) is 5.10 Å². The molecule has 1 aromatic carbocycles. The number of aromatic nitrogens is 2. The Morgan fingerprint density at radius 3 is 2.76 bits per heavy atom. The Labute approximate surface area is 114 Å². The molecular weight excluding hydrogens is 302 g/mol. The lowest BCUT2D eigenvalue weighted by molar-refractivity contribution is 0.713. The standard InChI is InChI=1S/C12H13BrClN3/c1-8-5-10(17(2)16-8)7-15-9-3-4-12(14)11(13)6-9/h3-6,15H,7H2,1-2H3. The molecule has 5 heteroatoms. The number of aryl methyl sites for hydroxylation is 2. The maximum absolute atomic E-state index is 5.94. The van der Waals surface area contributed by atoms with Crippen molar-refractivity contribution in [2.75, 3.05) is 5.32 Å². The highest BCUT2D eigenvalue weighted by atomic mass is 79.9. The van der Waals surface area contributed by atoms with Gasteiger partial charge in [-0.05, 0) is 47.1 Å². The molecule has 0 radical (unpaired) electrons. The van der Waals surface area contributed by atoms with Crippen LogP contribution in [0, 0.1) is 6.92 Å². The highest BCUT2D eigenvalue weighted by molar-refractivity contribution is 9.10. The summed E-state index contributed by atoms with van der Waals surface area (Å²) in [6.45, 7) is 2.73. The SMILES string of the molecule is Cc1cc(CNc2ccc(Cl)c(Br)c2)n(C)n1. The molecule has 0 aliphatic carbocycles. The number of anilines is 1. The molecule has 1 N–H and O–H groups in total. The topological polar surface area (TPSA) is 29.9 Å². The molecule has 0 unspecified atom stereocenters. The van der Waals surface area contributed by atoms with Crippen molar-refractivity contribution in [3.8, 4) is 0 Å². The highest BCUT2D eigenvalue weighted by Gasteiger charge is 2.03. The predicted octanol–water partition coefficient (Wildman–Crippen LogP) is 3.76. The second kappa shape index (κ2) is 5.10. The minimum absolute atomic E-state index is 0.715. The maximum Gasteiger partial charge on any atom is 0.0597 e. The van der Waals surface area contributed by atoms with Crippen molar-refractivity contribution in [2.24, 2.45) is 7.05 Å². The van der Waals surface area contributed by atoms with E-state index in [2.05, 4.69) is 32.4 Å². The van der Waals surface area contributed by atoms with Gasteiger partial charge in [-0.1, -0.05) is 11.6 Å². The van der Waals surface area contributed by atoms with Crippen LogP contribution in [0.3, 0.4) is 0 Å². The quantitative estimate of drug-likeness (QED) is 0.935. The number of rotatable bonds is 3. The van der Waals surface area contributed by atoms with Crippen molar-refractivity contribution >= 4 is 33.2 Å². The normalized spacial score (nSPS) is 10.6. The van der Waals surface area contributed by atoms with Crippen molar-refractivity contribution in [1.82, 2.24) is 9.78 Å². The molecule has 0 amide bonds. The average Bonchev–Trinajstić information content (AvgIpc) is 2.59. The molecule has 3 nitrogen and oxygen atoms in total. The molecule has 1 heterocycles. The zero-order valence-electron chi connectivity index (χ0n) is 9.67. The summed E-state index contributed by atoms with van der Waals surface area (Å²) < 4.78 is 2.78. The number of nitrogens with one attached hydrogen (secondary N) is 1. The highest BCUT2D eigenvalue weighted by Crippen LogP contribution is 2.25. The number of nitrogens with zero attached hydrogens (tertiary/aromatic N) is 2. The van der Waals surface area contributed by atoms with Crippen LogP contribution in [0.15, 0.2) is 28.7 Å². The molecule has 90 valence electrons. The lowest BCUT2D eigenvalue weighted by Crippen LogP contribution is -2.05. The largest absolute Gasteiger partial charge is 0.379 e. The van der Waals surface area contributed by atoms with Crippen molar-refractivity contribution in [3.05, 3.63) is 45.1 Å². The van der Waals surface area contributed by atoms with E-state index in [1.54, 1.807) is 0 Å². The van der Waals surface area contributed by atoms with Gasteiger partial charge in [0.25, 0.3) is 0 Å². The Bertz CT molecular complexity index is 537. The van der Waals surface area contributed by atoms with Crippen molar-refractivity contribution in [1.29, 1.82) is 0 Å². The van der Waals surface area contributed by atoms with E-state index >= 15 is 0 Å². The summed E-state index contributed by atoms with van der Waals surface area (Å²) in [6.07, 6.45) is 0. The minimum Gasteiger partial charge on any atom is -0.379 e. The fourth-order valence-electron chi connectivity index (χ4n) is 1.63. The van der Waals surface area contributed by atoms with Crippen LogP contribution >= 0.6 is 27.5 Å². The zero-order valence-corrected chi connectivity index (χ0v) is 12.0. The van der Waals surface area contributed by atoms with Crippen LogP contribution < -0.4 is 5.32 Å².